The van der Waals surface area contributed by atoms with E-state index < -0.39 is 0 Å². The van der Waals surface area contributed by atoms with Gasteiger partial charge < -0.3 is 14.7 Å². The summed E-state index contributed by atoms with van der Waals surface area (Å²) in [6.07, 6.45) is 5.96. The highest BCUT2D eigenvalue weighted by Gasteiger charge is 2.58. The Bertz CT molecular complexity index is 4200. The summed E-state index contributed by atoms with van der Waals surface area (Å²) in [7, 11) is 0. The highest BCUT2D eigenvalue weighted by molar-refractivity contribution is 7.26. The summed E-state index contributed by atoms with van der Waals surface area (Å²) < 4.78 is 2.67. The molecule has 9 aromatic rings. The van der Waals surface area contributed by atoms with Gasteiger partial charge in [-0.2, -0.15) is 0 Å². The second kappa shape index (κ2) is 16.1. The lowest BCUT2D eigenvalue weighted by Gasteiger charge is -2.51. The van der Waals surface area contributed by atoms with E-state index in [2.05, 4.69) is 258 Å². The lowest BCUT2D eigenvalue weighted by Crippen LogP contribution is -2.61. The van der Waals surface area contributed by atoms with E-state index in [1.807, 2.05) is 11.3 Å². The molecule has 0 bridgehead atoms. The number of thiophene rings is 1. The van der Waals surface area contributed by atoms with E-state index in [0.717, 1.165) is 12.8 Å². The number of rotatable bonds is 3. The van der Waals surface area contributed by atoms with Crippen molar-refractivity contribution in [2.45, 2.75) is 174 Å². The van der Waals surface area contributed by atoms with Gasteiger partial charge in [-0.05, 0) is 183 Å². The molecule has 402 valence electrons. The van der Waals surface area contributed by atoms with Gasteiger partial charge in [0.15, 0.2) is 0 Å². The molecular weight excluding hydrogens is 986 g/mol. The van der Waals surface area contributed by atoms with Gasteiger partial charge in [0, 0.05) is 71.5 Å². The van der Waals surface area contributed by atoms with Crippen molar-refractivity contribution < 1.29 is 0 Å². The van der Waals surface area contributed by atoms with Crippen molar-refractivity contribution in [1.82, 2.24) is 0 Å². The second-order valence-corrected chi connectivity index (χ2v) is 30.4. The van der Waals surface area contributed by atoms with Crippen LogP contribution in [0.3, 0.4) is 0 Å². The van der Waals surface area contributed by atoms with Crippen LogP contribution in [-0.2, 0) is 32.5 Å². The Morgan fingerprint density at radius 3 is 1.80 bits per heavy atom. The van der Waals surface area contributed by atoms with E-state index in [1.165, 1.54) is 157 Å². The summed E-state index contributed by atoms with van der Waals surface area (Å²) in [5.41, 5.74) is 28.4. The number of fused-ring (bicyclic) bond motifs is 13. The number of benzene rings is 8. The topological polar surface area (TPSA) is 9.72 Å². The molecule has 3 aliphatic heterocycles. The molecule has 2 atom stereocenters. The first-order valence-corrected chi connectivity index (χ1v) is 30.9. The molecule has 4 heterocycles. The summed E-state index contributed by atoms with van der Waals surface area (Å²) in [5, 5.41) is 2.66. The average Bonchev–Trinajstić information content (AvgIpc) is 4.13. The molecule has 3 aliphatic carbocycles. The van der Waals surface area contributed by atoms with Gasteiger partial charge in [-0.3, -0.25) is 0 Å². The monoisotopic (exact) mass is 1060 g/mol. The molecule has 5 heteroatoms. The highest BCUT2D eigenvalue weighted by Crippen LogP contribution is 2.63. The molecule has 1 saturated carbocycles. The molecule has 1 aromatic heterocycles. The summed E-state index contributed by atoms with van der Waals surface area (Å²) in [6.45, 7) is 36.9. The first-order valence-electron chi connectivity index (χ1n) is 30.0. The van der Waals surface area contributed by atoms with Gasteiger partial charge in [-0.1, -0.05) is 181 Å². The fourth-order valence-corrected chi connectivity index (χ4v) is 18.8. The van der Waals surface area contributed by atoms with Crippen molar-refractivity contribution in [2.24, 2.45) is 0 Å². The van der Waals surface area contributed by atoms with Crippen molar-refractivity contribution in [2.75, 3.05) is 14.7 Å². The van der Waals surface area contributed by atoms with E-state index in [-0.39, 0.29) is 44.7 Å². The van der Waals surface area contributed by atoms with Crippen molar-refractivity contribution in [3.8, 4) is 0 Å². The van der Waals surface area contributed by atoms with Crippen molar-refractivity contribution in [1.29, 1.82) is 0 Å². The number of aryl methyl sites for hydroxylation is 2. The summed E-state index contributed by atoms with van der Waals surface area (Å²) >= 11 is 1.94. The van der Waals surface area contributed by atoms with Crippen molar-refractivity contribution in [3.05, 3.63) is 195 Å². The van der Waals surface area contributed by atoms with Crippen LogP contribution in [0.2, 0.25) is 0 Å². The van der Waals surface area contributed by atoms with Gasteiger partial charge in [-0.15, -0.1) is 11.3 Å². The van der Waals surface area contributed by atoms with Crippen LogP contribution < -0.4 is 31.1 Å². The highest BCUT2D eigenvalue weighted by atomic mass is 32.1. The van der Waals surface area contributed by atoms with E-state index in [4.69, 9.17) is 0 Å². The number of hydrogen-bond donors (Lipinski definition) is 0. The van der Waals surface area contributed by atoms with Gasteiger partial charge in [0.05, 0.1) is 15.9 Å². The predicted octanol–water partition coefficient (Wildman–Crippen LogP) is 18.7. The third-order valence-corrected chi connectivity index (χ3v) is 22.9. The minimum atomic E-state index is -0.218. The van der Waals surface area contributed by atoms with Gasteiger partial charge in [0.1, 0.15) is 0 Å². The molecular formula is C75H78BN3S. The maximum Gasteiger partial charge on any atom is 0.252 e. The van der Waals surface area contributed by atoms with Crippen LogP contribution in [-0.4, -0.2) is 12.3 Å². The Morgan fingerprint density at radius 2 is 1.09 bits per heavy atom. The predicted molar refractivity (Wildman–Crippen MR) is 346 cm³/mol. The number of anilines is 8. The molecule has 0 N–H and O–H groups in total. The Balaban J connectivity index is 1.05. The zero-order valence-corrected chi connectivity index (χ0v) is 51.0. The average molecular weight is 1060 g/mol. The fourth-order valence-electron chi connectivity index (χ4n) is 17.6. The maximum atomic E-state index is 2.82. The Kier molecular flexibility index (Phi) is 10.2. The van der Waals surface area contributed by atoms with E-state index in [0.29, 0.717) is 0 Å². The summed E-state index contributed by atoms with van der Waals surface area (Å²) in [5.74, 6) is 0. The van der Waals surface area contributed by atoms with E-state index in [1.54, 1.807) is 0 Å². The third kappa shape index (κ3) is 6.51. The van der Waals surface area contributed by atoms with Gasteiger partial charge in [-0.25, -0.2) is 0 Å². The largest absolute Gasteiger partial charge is 0.334 e. The summed E-state index contributed by atoms with van der Waals surface area (Å²) in [6, 6.07) is 56.3. The Morgan fingerprint density at radius 1 is 0.475 bits per heavy atom. The van der Waals surface area contributed by atoms with Crippen molar-refractivity contribution in [3.63, 3.8) is 0 Å². The number of nitrogens with zero attached hydrogens (tertiary/aromatic N) is 3. The normalized spacial score (nSPS) is 22.1. The Hall–Kier alpha value is -6.56. The lowest BCUT2D eigenvalue weighted by molar-refractivity contribution is 0.195. The quantitative estimate of drug-likeness (QED) is 0.163. The molecule has 0 radical (unpaired) electrons. The van der Waals surface area contributed by atoms with Crippen molar-refractivity contribution >= 4 is 100 Å². The molecule has 0 spiro atoms. The Labute approximate surface area is 481 Å². The van der Waals surface area contributed by atoms with Gasteiger partial charge in [0.2, 0.25) is 0 Å². The van der Waals surface area contributed by atoms with E-state index in [9.17, 15) is 0 Å². The fraction of sp³-hybridized carbons (Fsp3) is 0.360. The molecule has 0 amide bonds. The van der Waals surface area contributed by atoms with Crippen LogP contribution >= 0.6 is 11.3 Å². The van der Waals surface area contributed by atoms with Crippen LogP contribution in [0.1, 0.15) is 178 Å². The zero-order chi connectivity index (χ0) is 55.7. The first kappa shape index (κ1) is 50.4. The SMILES string of the molecule is Cc1cc2c3c(c1)N(c1cccc4c1sc1ccccc14)c1cc4c(cc1B3c1ccc(N3c5ccc(C(C)(C)C)cc5C5(C)CCCCC35C)cc1N2c1cc2c(cc1C)C(C)(C)c1ccccc1C2(C)C)C(C)(C)CC4(C)C. The molecule has 0 saturated heterocycles. The van der Waals surface area contributed by atoms with E-state index >= 15 is 0 Å². The van der Waals surface area contributed by atoms with Gasteiger partial charge >= 0.3 is 0 Å². The van der Waals surface area contributed by atoms with Crippen LogP contribution in [0.5, 0.6) is 0 Å². The minimum absolute atomic E-state index is 0.00377. The smallest absolute Gasteiger partial charge is 0.252 e. The molecule has 6 aliphatic rings. The maximum absolute atomic E-state index is 2.82. The minimum Gasteiger partial charge on any atom is -0.334 e. The number of hydrogen-bond acceptors (Lipinski definition) is 4. The molecule has 80 heavy (non-hydrogen) atoms. The standard InChI is InChI=1S/C75H78BN3S/c1-44-35-64-67-65(36-44)78(61-42-55-54(37-45(61)2)72(10,11)50-25-17-18-26-51(50)73(55,12)13)62-39-47(79-59-32-29-46(69(3,4)5)38-56(59)74(14)33-20-21-34-75(74,79)15)30-31-57(62)76(67)58-40-52-53(71(8,9)43-70(52,6)7)41-63(58)77(64)60-27-22-24-49-48-23-16-19-28-66(48)80-68(49)60/h16-19,22-32,35-42H,20-21,33-34,43H2,1-15H3. The van der Waals surface area contributed by atoms with Gasteiger partial charge in [0.25, 0.3) is 6.71 Å². The van der Waals surface area contributed by atoms with Crippen LogP contribution in [0.25, 0.3) is 20.2 Å². The molecule has 2 unspecified atom stereocenters. The van der Waals surface area contributed by atoms with Crippen LogP contribution in [0, 0.1) is 13.8 Å². The zero-order valence-electron chi connectivity index (χ0n) is 50.1. The molecule has 3 nitrogen and oxygen atoms in total. The molecule has 15 rings (SSSR count). The third-order valence-electron chi connectivity index (χ3n) is 21.7. The second-order valence-electron chi connectivity index (χ2n) is 29.3. The van der Waals surface area contributed by atoms with Crippen LogP contribution in [0.4, 0.5) is 45.5 Å². The molecule has 1 fully saturated rings. The first-order chi connectivity index (χ1) is 37.8. The van der Waals surface area contributed by atoms with Crippen LogP contribution in [0.15, 0.2) is 140 Å². The molecule has 8 aromatic carbocycles. The lowest BCUT2D eigenvalue weighted by atomic mass is 9.33. The summed E-state index contributed by atoms with van der Waals surface area (Å²) in [4.78, 5) is 8.30.